The van der Waals surface area contributed by atoms with Crippen LogP contribution >= 0.6 is 0 Å². The summed E-state index contributed by atoms with van der Waals surface area (Å²) in [5.74, 6) is 0.428. The Morgan fingerprint density at radius 1 is 1.14 bits per heavy atom. The van der Waals surface area contributed by atoms with Gasteiger partial charge in [0.15, 0.2) is 5.76 Å². The number of benzene rings is 1. The van der Waals surface area contributed by atoms with E-state index in [1.54, 1.807) is 0 Å². The lowest BCUT2D eigenvalue weighted by Crippen LogP contribution is -2.30. The van der Waals surface area contributed by atoms with Gasteiger partial charge >= 0.3 is 7.12 Å². The van der Waals surface area contributed by atoms with Gasteiger partial charge in [-0.1, -0.05) is 30.3 Å². The van der Waals surface area contributed by atoms with Crippen molar-refractivity contribution in [1.82, 2.24) is 4.98 Å². The first-order chi connectivity index (χ1) is 6.77. The first kappa shape index (κ1) is 8.99. The quantitative estimate of drug-likeness (QED) is 0.653. The highest BCUT2D eigenvalue weighted by atomic mass is 16.4. The Hall–Kier alpha value is -1.59. The van der Waals surface area contributed by atoms with Crippen molar-refractivity contribution >= 4 is 12.9 Å². The van der Waals surface area contributed by atoms with Crippen molar-refractivity contribution in [1.29, 1.82) is 0 Å². The molecule has 70 valence electrons. The first-order valence-electron chi connectivity index (χ1n) is 4.14. The Balaban J connectivity index is 2.34. The summed E-state index contributed by atoms with van der Waals surface area (Å²) in [4.78, 5) is 3.73. The van der Waals surface area contributed by atoms with E-state index >= 15 is 0 Å². The van der Waals surface area contributed by atoms with Crippen LogP contribution in [0.4, 0.5) is 0 Å². The van der Waals surface area contributed by atoms with E-state index in [1.807, 2.05) is 30.3 Å². The van der Waals surface area contributed by atoms with E-state index in [0.29, 0.717) is 5.76 Å². The smallest absolute Gasteiger partial charge is 0.444 e. The second-order valence-corrected chi connectivity index (χ2v) is 2.80. The Morgan fingerprint density at radius 2 is 1.86 bits per heavy atom. The fourth-order valence-corrected chi connectivity index (χ4v) is 1.14. The molecule has 0 aliphatic carbocycles. The molecule has 0 radical (unpaired) electrons. The number of oxazole rings is 1. The van der Waals surface area contributed by atoms with E-state index in [-0.39, 0.29) is 5.79 Å². The standard InChI is InChI=1S/C9H8BNO3/c12-10(13)9-11-6-8(14-9)7-4-2-1-3-5-7/h1-6,12-13H. The van der Waals surface area contributed by atoms with Crippen LogP contribution in [0, 0.1) is 0 Å². The summed E-state index contributed by atoms with van der Waals surface area (Å²) in [6, 6.07) is 9.34. The molecule has 14 heavy (non-hydrogen) atoms. The SMILES string of the molecule is OB(O)c1ncc(-c2ccccc2)o1. The molecule has 0 unspecified atom stereocenters. The molecule has 0 aliphatic rings. The van der Waals surface area contributed by atoms with Gasteiger partial charge < -0.3 is 14.5 Å². The monoisotopic (exact) mass is 189 g/mol. The Bertz CT molecular complexity index is 413. The highest BCUT2D eigenvalue weighted by Crippen LogP contribution is 2.16. The normalized spacial score (nSPS) is 10.1. The third kappa shape index (κ3) is 1.68. The predicted octanol–water partition coefficient (Wildman–Crippen LogP) is 0.0214. The van der Waals surface area contributed by atoms with Gasteiger partial charge in [-0.05, 0) is 0 Å². The number of hydrogen-bond acceptors (Lipinski definition) is 4. The molecule has 0 saturated carbocycles. The fourth-order valence-electron chi connectivity index (χ4n) is 1.14. The topological polar surface area (TPSA) is 66.5 Å². The van der Waals surface area contributed by atoms with E-state index in [4.69, 9.17) is 14.5 Å². The molecular weight excluding hydrogens is 181 g/mol. The third-order valence-electron chi connectivity index (χ3n) is 1.80. The van der Waals surface area contributed by atoms with Gasteiger partial charge in [0.2, 0.25) is 5.79 Å². The number of rotatable bonds is 2. The second-order valence-electron chi connectivity index (χ2n) is 2.80. The van der Waals surface area contributed by atoms with Crippen LogP contribution in [0.15, 0.2) is 40.9 Å². The maximum Gasteiger partial charge on any atom is 0.548 e. The molecule has 2 rings (SSSR count). The lowest BCUT2D eigenvalue weighted by Gasteiger charge is -1.94. The van der Waals surface area contributed by atoms with Crippen molar-refractivity contribution in [2.45, 2.75) is 0 Å². The van der Waals surface area contributed by atoms with Gasteiger partial charge in [0.05, 0.1) is 6.20 Å². The molecule has 1 aromatic carbocycles. The van der Waals surface area contributed by atoms with Gasteiger partial charge in [0.1, 0.15) is 0 Å². The molecule has 5 heteroatoms. The molecule has 0 spiro atoms. The van der Waals surface area contributed by atoms with Gasteiger partial charge in [-0.3, -0.25) is 0 Å². The van der Waals surface area contributed by atoms with Gasteiger partial charge in [0, 0.05) is 5.56 Å². The van der Waals surface area contributed by atoms with Crippen molar-refractivity contribution in [2.24, 2.45) is 0 Å². The molecule has 0 atom stereocenters. The van der Waals surface area contributed by atoms with Crippen molar-refractivity contribution in [3.63, 3.8) is 0 Å². The van der Waals surface area contributed by atoms with Crippen molar-refractivity contribution in [2.75, 3.05) is 0 Å². The van der Waals surface area contributed by atoms with Gasteiger partial charge in [-0.15, -0.1) is 0 Å². The largest absolute Gasteiger partial charge is 0.548 e. The maximum atomic E-state index is 8.78. The van der Waals surface area contributed by atoms with Crippen molar-refractivity contribution < 1.29 is 14.5 Å². The lowest BCUT2D eigenvalue weighted by molar-refractivity contribution is 0.408. The molecule has 0 aliphatic heterocycles. The van der Waals surface area contributed by atoms with Crippen LogP contribution in [0.25, 0.3) is 11.3 Å². The van der Waals surface area contributed by atoms with Crippen LogP contribution in [0.2, 0.25) is 0 Å². The van der Waals surface area contributed by atoms with E-state index < -0.39 is 7.12 Å². The Labute approximate surface area is 81.0 Å². The zero-order valence-corrected chi connectivity index (χ0v) is 7.29. The summed E-state index contributed by atoms with van der Waals surface area (Å²) in [5.41, 5.74) is 0.854. The Morgan fingerprint density at radius 3 is 2.43 bits per heavy atom. The minimum Gasteiger partial charge on any atom is -0.444 e. The number of hydrogen-bond donors (Lipinski definition) is 2. The predicted molar refractivity (Wildman–Crippen MR) is 51.8 cm³/mol. The summed E-state index contributed by atoms with van der Waals surface area (Å²) < 4.78 is 5.12. The molecule has 2 N–H and O–H groups in total. The van der Waals surface area contributed by atoms with Crippen LogP contribution in [0.1, 0.15) is 0 Å². The molecule has 0 amide bonds. The minimum atomic E-state index is -1.66. The van der Waals surface area contributed by atoms with Gasteiger partial charge in [-0.25, -0.2) is 4.98 Å². The fraction of sp³-hybridized carbons (Fsp3) is 0. The van der Waals surface area contributed by atoms with E-state index in [0.717, 1.165) is 5.56 Å². The zero-order valence-electron chi connectivity index (χ0n) is 7.29. The van der Waals surface area contributed by atoms with Crippen LogP contribution in [0.5, 0.6) is 0 Å². The second kappa shape index (κ2) is 3.65. The highest BCUT2D eigenvalue weighted by molar-refractivity contribution is 6.56. The summed E-state index contributed by atoms with van der Waals surface area (Å²) in [6.07, 6.45) is 1.46. The molecule has 4 nitrogen and oxygen atoms in total. The molecular formula is C9H8BNO3. The van der Waals surface area contributed by atoms with Crippen LogP contribution in [0.3, 0.4) is 0 Å². The minimum absolute atomic E-state index is 0.0937. The van der Waals surface area contributed by atoms with Gasteiger partial charge in [-0.2, -0.15) is 0 Å². The molecule has 1 aromatic heterocycles. The lowest BCUT2D eigenvalue weighted by atomic mass is 9.93. The summed E-state index contributed by atoms with van der Waals surface area (Å²) >= 11 is 0. The van der Waals surface area contributed by atoms with Crippen LogP contribution in [-0.4, -0.2) is 22.2 Å². The van der Waals surface area contributed by atoms with Gasteiger partial charge in [0.25, 0.3) is 0 Å². The summed E-state index contributed by atoms with van der Waals surface area (Å²) in [5, 5.41) is 17.6. The molecule has 0 saturated heterocycles. The summed E-state index contributed by atoms with van der Waals surface area (Å²) in [7, 11) is -1.66. The molecule has 0 bridgehead atoms. The average molecular weight is 189 g/mol. The van der Waals surface area contributed by atoms with Crippen LogP contribution in [-0.2, 0) is 0 Å². The third-order valence-corrected chi connectivity index (χ3v) is 1.80. The number of aromatic nitrogens is 1. The van der Waals surface area contributed by atoms with E-state index in [1.165, 1.54) is 6.20 Å². The van der Waals surface area contributed by atoms with Crippen molar-refractivity contribution in [3.8, 4) is 11.3 Å². The summed E-state index contributed by atoms with van der Waals surface area (Å²) in [6.45, 7) is 0. The maximum absolute atomic E-state index is 8.78. The highest BCUT2D eigenvalue weighted by Gasteiger charge is 2.18. The average Bonchev–Trinajstić information content (AvgIpc) is 2.68. The zero-order chi connectivity index (χ0) is 9.97. The van der Waals surface area contributed by atoms with Crippen molar-refractivity contribution in [3.05, 3.63) is 36.5 Å². The molecule has 0 fully saturated rings. The van der Waals surface area contributed by atoms with Crippen LogP contribution < -0.4 is 5.79 Å². The van der Waals surface area contributed by atoms with E-state index in [2.05, 4.69) is 4.98 Å². The Kier molecular flexibility index (Phi) is 2.34. The number of nitrogens with zero attached hydrogens (tertiary/aromatic N) is 1. The first-order valence-corrected chi connectivity index (χ1v) is 4.14. The molecule has 1 heterocycles. The van der Waals surface area contributed by atoms with E-state index in [9.17, 15) is 0 Å². The molecule has 2 aromatic rings.